The van der Waals surface area contributed by atoms with Crippen LogP contribution in [0.5, 0.6) is 0 Å². The summed E-state index contributed by atoms with van der Waals surface area (Å²) in [5, 5.41) is 0. The van der Waals surface area contributed by atoms with Crippen LogP contribution in [0.25, 0.3) is 0 Å². The zero-order valence-corrected chi connectivity index (χ0v) is 35.5. The first-order valence-corrected chi connectivity index (χ1v) is 22.9. The van der Waals surface area contributed by atoms with Crippen molar-refractivity contribution in [2.45, 2.75) is 174 Å². The fraction of sp³-hybridized carbons (Fsp3) is 0.689. The fourth-order valence-electron chi connectivity index (χ4n) is 5.36. The summed E-state index contributed by atoms with van der Waals surface area (Å²) in [7, 11) is -4.40. The van der Waals surface area contributed by atoms with Gasteiger partial charge in [0.25, 0.3) is 0 Å². The topological polar surface area (TPSA) is 134 Å². The number of hydrogen-bond acceptors (Lipinski definition) is 8. The third-order valence-corrected chi connectivity index (χ3v) is 9.55. The second-order valence-corrected chi connectivity index (χ2v) is 15.3. The minimum atomic E-state index is -4.40. The number of carbonyl (C=O) groups is 2. The van der Waals surface area contributed by atoms with E-state index < -0.39 is 32.5 Å². The Kier molecular flexibility index (Phi) is 39.2. The highest BCUT2D eigenvalue weighted by atomic mass is 31.2. The van der Waals surface area contributed by atoms with Crippen molar-refractivity contribution < 1.29 is 37.6 Å². The molecule has 0 radical (unpaired) electrons. The summed E-state index contributed by atoms with van der Waals surface area (Å²) in [4.78, 5) is 34.8. The highest BCUT2D eigenvalue weighted by Crippen LogP contribution is 2.43. The van der Waals surface area contributed by atoms with E-state index in [1.54, 1.807) is 0 Å². The van der Waals surface area contributed by atoms with E-state index in [0.717, 1.165) is 64.2 Å². The van der Waals surface area contributed by atoms with Crippen LogP contribution in [-0.4, -0.2) is 49.3 Å². The van der Waals surface area contributed by atoms with Crippen molar-refractivity contribution in [3.63, 3.8) is 0 Å². The van der Waals surface area contributed by atoms with Crippen LogP contribution in [0, 0.1) is 0 Å². The van der Waals surface area contributed by atoms with Gasteiger partial charge >= 0.3 is 19.8 Å². The van der Waals surface area contributed by atoms with Gasteiger partial charge in [0.2, 0.25) is 0 Å². The highest BCUT2D eigenvalue weighted by molar-refractivity contribution is 7.47. The Morgan fingerprint density at radius 3 is 1.49 bits per heavy atom. The molecule has 0 heterocycles. The van der Waals surface area contributed by atoms with Gasteiger partial charge in [-0.2, -0.15) is 0 Å². The number of ether oxygens (including phenoxy) is 2. The van der Waals surface area contributed by atoms with E-state index in [9.17, 15) is 19.0 Å². The average Bonchev–Trinajstić information content (AvgIpc) is 3.17. The van der Waals surface area contributed by atoms with Crippen LogP contribution in [0.1, 0.15) is 168 Å². The number of nitrogens with two attached hydrogens (primary N) is 1. The first-order valence-electron chi connectivity index (χ1n) is 21.4. The van der Waals surface area contributed by atoms with E-state index >= 15 is 0 Å². The molecular weight excluding hydrogens is 713 g/mol. The lowest BCUT2D eigenvalue weighted by Gasteiger charge is -2.19. The maximum atomic E-state index is 12.6. The summed E-state index contributed by atoms with van der Waals surface area (Å²) < 4.78 is 32.7. The Labute approximate surface area is 335 Å². The smallest absolute Gasteiger partial charge is 0.462 e. The summed E-state index contributed by atoms with van der Waals surface area (Å²) in [6.07, 6.45) is 49.4. The van der Waals surface area contributed by atoms with E-state index in [1.807, 2.05) is 0 Å². The summed E-state index contributed by atoms with van der Waals surface area (Å²) >= 11 is 0. The first-order chi connectivity index (χ1) is 26.8. The lowest BCUT2D eigenvalue weighted by atomic mass is 10.1. The van der Waals surface area contributed by atoms with Gasteiger partial charge in [0.1, 0.15) is 6.61 Å². The molecule has 0 spiro atoms. The van der Waals surface area contributed by atoms with Crippen molar-refractivity contribution in [2.75, 3.05) is 26.4 Å². The van der Waals surface area contributed by atoms with Gasteiger partial charge in [-0.1, -0.05) is 145 Å². The molecule has 316 valence electrons. The average molecular weight is 792 g/mol. The Hall–Kier alpha value is -2.55. The van der Waals surface area contributed by atoms with E-state index in [0.29, 0.717) is 12.8 Å². The SMILES string of the molecule is CCCCC/C=C\C/C=C\C/C=C\CCCCCCC(=O)O[C@H](COC(=O)CCC/C=C\C/C=C\C/C=C\CCCCCCCC)COP(=O)(O)OCCN. The molecular formula is C45H78NO8P. The predicted molar refractivity (Wildman–Crippen MR) is 229 cm³/mol. The standard InChI is InChI=1S/C45H78NO8P/c1-3-5-7-9-11-13-15-17-19-21-23-25-27-29-31-33-35-37-44(47)51-41-43(42-53-55(49,50)52-40-39-46)54-45(48)38-36-34-32-30-28-26-24-22-20-18-16-14-12-10-8-6-4-2/h12,14,17-20,23-26,29,31,43H,3-11,13,15-16,21-22,27-28,30,32-42,46H2,1-2H3,(H,49,50)/b14-12-,19-17-,20-18-,25-23-,26-24-,31-29-/t43-/m1/s1. The Balaban J connectivity index is 4.31. The molecule has 0 aromatic rings. The van der Waals surface area contributed by atoms with E-state index in [1.165, 1.54) is 64.2 Å². The van der Waals surface area contributed by atoms with Crippen LogP contribution >= 0.6 is 7.82 Å². The van der Waals surface area contributed by atoms with Gasteiger partial charge < -0.3 is 20.1 Å². The second-order valence-electron chi connectivity index (χ2n) is 13.8. The number of phosphoric acid groups is 1. The molecule has 0 saturated carbocycles. The monoisotopic (exact) mass is 792 g/mol. The van der Waals surface area contributed by atoms with Crippen LogP contribution in [-0.2, 0) is 32.7 Å². The Bertz CT molecular complexity index is 1130. The molecule has 0 rings (SSSR count). The minimum Gasteiger partial charge on any atom is -0.462 e. The van der Waals surface area contributed by atoms with Crippen molar-refractivity contribution in [3.8, 4) is 0 Å². The van der Waals surface area contributed by atoms with E-state index in [2.05, 4.69) is 86.8 Å². The van der Waals surface area contributed by atoms with Gasteiger partial charge in [-0.05, 0) is 83.5 Å². The Morgan fingerprint density at radius 2 is 0.964 bits per heavy atom. The van der Waals surface area contributed by atoms with Crippen molar-refractivity contribution in [3.05, 3.63) is 72.9 Å². The van der Waals surface area contributed by atoms with Gasteiger partial charge in [0, 0.05) is 19.4 Å². The van der Waals surface area contributed by atoms with Gasteiger partial charge in [-0.3, -0.25) is 18.6 Å². The largest absolute Gasteiger partial charge is 0.472 e. The van der Waals surface area contributed by atoms with Gasteiger partial charge in [-0.25, -0.2) is 4.57 Å². The van der Waals surface area contributed by atoms with Crippen LogP contribution in [0.4, 0.5) is 0 Å². The number of hydrogen-bond donors (Lipinski definition) is 2. The molecule has 2 atom stereocenters. The highest BCUT2D eigenvalue weighted by Gasteiger charge is 2.25. The third kappa shape index (κ3) is 40.9. The molecule has 9 nitrogen and oxygen atoms in total. The second kappa shape index (κ2) is 41.1. The molecule has 0 aliphatic rings. The third-order valence-electron chi connectivity index (χ3n) is 8.56. The van der Waals surface area contributed by atoms with Crippen molar-refractivity contribution in [2.24, 2.45) is 5.73 Å². The number of unbranched alkanes of at least 4 members (excludes halogenated alkanes) is 14. The molecule has 0 aromatic carbocycles. The predicted octanol–water partition coefficient (Wildman–Crippen LogP) is 12.3. The van der Waals surface area contributed by atoms with Gasteiger partial charge in [-0.15, -0.1) is 0 Å². The van der Waals surface area contributed by atoms with Crippen LogP contribution in [0.3, 0.4) is 0 Å². The van der Waals surface area contributed by atoms with Crippen LogP contribution < -0.4 is 5.73 Å². The molecule has 55 heavy (non-hydrogen) atoms. The lowest BCUT2D eigenvalue weighted by molar-refractivity contribution is -0.161. The lowest BCUT2D eigenvalue weighted by Crippen LogP contribution is -2.29. The molecule has 10 heteroatoms. The summed E-state index contributed by atoms with van der Waals surface area (Å²) in [6.45, 7) is 3.60. The van der Waals surface area contributed by atoms with Crippen molar-refractivity contribution in [1.82, 2.24) is 0 Å². The molecule has 0 aliphatic heterocycles. The molecule has 0 aromatic heterocycles. The maximum absolute atomic E-state index is 12.6. The molecule has 0 aliphatic carbocycles. The summed E-state index contributed by atoms with van der Waals surface area (Å²) in [5.74, 6) is -0.921. The molecule has 0 bridgehead atoms. The van der Waals surface area contributed by atoms with Crippen molar-refractivity contribution >= 4 is 19.8 Å². The zero-order valence-electron chi connectivity index (χ0n) is 34.6. The van der Waals surface area contributed by atoms with E-state index in [4.69, 9.17) is 24.3 Å². The van der Waals surface area contributed by atoms with Gasteiger partial charge in [0.15, 0.2) is 6.10 Å². The molecule has 0 saturated heterocycles. The normalized spacial score (nSPS) is 14.0. The van der Waals surface area contributed by atoms with Crippen LogP contribution in [0.15, 0.2) is 72.9 Å². The number of esters is 2. The molecule has 0 amide bonds. The minimum absolute atomic E-state index is 0.0395. The maximum Gasteiger partial charge on any atom is 0.472 e. The fourth-order valence-corrected chi connectivity index (χ4v) is 6.13. The number of carbonyl (C=O) groups excluding carboxylic acids is 2. The summed E-state index contributed by atoms with van der Waals surface area (Å²) in [6, 6.07) is 0. The number of rotatable bonds is 39. The van der Waals surface area contributed by atoms with E-state index in [-0.39, 0.29) is 32.6 Å². The van der Waals surface area contributed by atoms with Crippen LogP contribution in [0.2, 0.25) is 0 Å². The first kappa shape index (κ1) is 52.5. The number of phosphoric ester groups is 1. The van der Waals surface area contributed by atoms with Gasteiger partial charge in [0.05, 0.1) is 13.2 Å². The van der Waals surface area contributed by atoms with Crippen molar-refractivity contribution in [1.29, 1.82) is 0 Å². The molecule has 0 fully saturated rings. The number of allylic oxidation sites excluding steroid dienone is 12. The zero-order chi connectivity index (χ0) is 40.3. The quantitative estimate of drug-likeness (QED) is 0.0270. The Morgan fingerprint density at radius 1 is 0.545 bits per heavy atom. The molecule has 3 N–H and O–H groups in total. The summed E-state index contributed by atoms with van der Waals surface area (Å²) in [5.41, 5.74) is 5.34. The molecule has 1 unspecified atom stereocenters.